The quantitative estimate of drug-likeness (QED) is 0.0420. The second-order valence-corrected chi connectivity index (χ2v) is 24.7. The molecule has 4 heteroatoms. The van der Waals surface area contributed by atoms with Crippen LogP contribution in [0.3, 0.4) is 0 Å². The molecular weight excluding hydrogens is 927 g/mol. The van der Waals surface area contributed by atoms with Gasteiger partial charge in [-0.25, -0.2) is 0 Å². The summed E-state index contributed by atoms with van der Waals surface area (Å²) in [7, 11) is 0. The van der Waals surface area contributed by atoms with Crippen molar-refractivity contribution in [3.05, 3.63) is 24.3 Å². The first-order valence-corrected chi connectivity index (χ1v) is 35.6. The Kier molecular flexibility index (Phi) is 67.1. The number of unbranched alkanes of at least 4 members (excludes halogenated alkanes) is 58. The maximum absolute atomic E-state index is 12.5. The normalized spacial score (nSPS) is 12.7. The van der Waals surface area contributed by atoms with Crippen LogP contribution in [0.15, 0.2) is 24.3 Å². The fourth-order valence-corrected chi connectivity index (χ4v) is 11.6. The van der Waals surface area contributed by atoms with Crippen molar-refractivity contribution >= 4 is 5.91 Å². The number of rotatable bonds is 67. The van der Waals surface area contributed by atoms with Crippen molar-refractivity contribution < 1.29 is 15.0 Å². The highest BCUT2D eigenvalue weighted by Crippen LogP contribution is 2.20. The number of allylic oxidation sites excluding steroid dienone is 3. The van der Waals surface area contributed by atoms with Gasteiger partial charge in [-0.05, 0) is 32.1 Å². The first kappa shape index (κ1) is 74.9. The van der Waals surface area contributed by atoms with Crippen LogP contribution in [0.2, 0.25) is 0 Å². The number of carbonyl (C=O) groups is 1. The minimum atomic E-state index is -0.861. The topological polar surface area (TPSA) is 69.6 Å². The molecule has 0 aromatic rings. The molecule has 0 saturated carbocycles. The molecule has 76 heavy (non-hydrogen) atoms. The first-order valence-electron chi connectivity index (χ1n) is 35.6. The molecule has 0 aliphatic heterocycles. The van der Waals surface area contributed by atoms with Gasteiger partial charge in [0.15, 0.2) is 0 Å². The molecule has 452 valence electrons. The van der Waals surface area contributed by atoms with Crippen LogP contribution in [-0.4, -0.2) is 34.9 Å². The monoisotopic (exact) mass is 1070 g/mol. The van der Waals surface area contributed by atoms with Gasteiger partial charge in [-0.15, -0.1) is 0 Å². The van der Waals surface area contributed by atoms with Gasteiger partial charge in [0.25, 0.3) is 0 Å². The Morgan fingerprint density at radius 3 is 0.763 bits per heavy atom. The van der Waals surface area contributed by atoms with Crippen LogP contribution >= 0.6 is 0 Å². The maximum atomic E-state index is 12.5. The predicted molar refractivity (Wildman–Crippen MR) is 341 cm³/mol. The highest BCUT2D eigenvalue weighted by atomic mass is 16.3. The summed E-state index contributed by atoms with van der Waals surface area (Å²) in [6.45, 7) is 4.36. The van der Waals surface area contributed by atoms with Crippen LogP contribution in [-0.2, 0) is 4.79 Å². The summed E-state index contributed by atoms with van der Waals surface area (Å²) in [6.07, 6.45) is 92.9. The van der Waals surface area contributed by atoms with Crippen molar-refractivity contribution in [3.63, 3.8) is 0 Å². The third-order valence-corrected chi connectivity index (χ3v) is 16.9. The summed E-state index contributed by atoms with van der Waals surface area (Å²) in [5, 5.41) is 23.3. The van der Waals surface area contributed by atoms with Gasteiger partial charge >= 0.3 is 0 Å². The standard InChI is InChI=1S/C72H141NO3/c1-3-5-7-9-11-13-15-17-19-21-23-25-27-29-31-33-35-36-38-40-42-44-46-48-50-52-54-56-58-60-62-64-66-68-72(76)73-70(69-74)71(75)67-65-63-61-59-57-55-53-51-49-47-45-43-41-39-37-34-32-30-28-26-24-22-20-18-16-14-12-10-8-6-4-2/h57,59,65,67,70-71,74-75H,3-56,58,60-64,66,68-69H2,1-2H3,(H,73,76)/b59-57+,67-65+. The molecule has 0 aromatic carbocycles. The Balaban J connectivity index is 3.42. The average Bonchev–Trinajstić information content (AvgIpc) is 3.42. The van der Waals surface area contributed by atoms with Crippen LogP contribution in [0.4, 0.5) is 0 Å². The molecule has 0 rings (SSSR count). The predicted octanol–water partition coefficient (Wildman–Crippen LogP) is 24.2. The highest BCUT2D eigenvalue weighted by molar-refractivity contribution is 5.76. The molecule has 0 bridgehead atoms. The molecule has 3 N–H and O–H groups in total. The van der Waals surface area contributed by atoms with E-state index in [-0.39, 0.29) is 12.5 Å². The number of nitrogens with one attached hydrogen (secondary N) is 1. The Morgan fingerprint density at radius 2 is 0.513 bits per heavy atom. The third kappa shape index (κ3) is 63.7. The van der Waals surface area contributed by atoms with Crippen molar-refractivity contribution in [1.29, 1.82) is 0 Å². The molecule has 1 amide bonds. The molecule has 0 aliphatic rings. The van der Waals surface area contributed by atoms with Gasteiger partial charge in [0.2, 0.25) is 5.91 Å². The van der Waals surface area contributed by atoms with Crippen LogP contribution in [0.25, 0.3) is 0 Å². The summed E-state index contributed by atoms with van der Waals surface area (Å²) in [5.41, 5.74) is 0. The summed E-state index contributed by atoms with van der Waals surface area (Å²) in [4.78, 5) is 12.5. The van der Waals surface area contributed by atoms with Gasteiger partial charge < -0.3 is 15.5 Å². The fourth-order valence-electron chi connectivity index (χ4n) is 11.6. The Hall–Kier alpha value is -1.13. The van der Waals surface area contributed by atoms with Gasteiger partial charge in [-0.3, -0.25) is 4.79 Å². The zero-order valence-corrected chi connectivity index (χ0v) is 52.3. The largest absolute Gasteiger partial charge is 0.394 e. The lowest BCUT2D eigenvalue weighted by molar-refractivity contribution is -0.123. The zero-order chi connectivity index (χ0) is 54.8. The van der Waals surface area contributed by atoms with E-state index in [2.05, 4.69) is 31.3 Å². The average molecular weight is 1070 g/mol. The SMILES string of the molecule is CCCCCCCCCCCCCCCCCCCCCCCCCCC/C=C/CC/C=C/C(O)C(CO)NC(=O)CCCCCCCCCCCCCCCCCCCCCCCCCCCCCCCCCCC. The molecule has 0 radical (unpaired) electrons. The number of amides is 1. The van der Waals surface area contributed by atoms with E-state index in [4.69, 9.17) is 0 Å². The van der Waals surface area contributed by atoms with E-state index in [0.29, 0.717) is 6.42 Å². The summed E-state index contributed by atoms with van der Waals surface area (Å²) in [6, 6.07) is -0.638. The number of aliphatic hydroxyl groups is 2. The van der Waals surface area contributed by atoms with Crippen molar-refractivity contribution in [2.45, 2.75) is 424 Å². The molecule has 0 fully saturated rings. The van der Waals surface area contributed by atoms with E-state index in [1.807, 2.05) is 6.08 Å². The molecule has 2 unspecified atom stereocenters. The first-order chi connectivity index (χ1) is 37.7. The Labute approximate surface area is 479 Å². The van der Waals surface area contributed by atoms with Crippen LogP contribution in [0.5, 0.6) is 0 Å². The highest BCUT2D eigenvalue weighted by Gasteiger charge is 2.18. The number of carbonyl (C=O) groups excluding carboxylic acids is 1. The summed E-state index contributed by atoms with van der Waals surface area (Å²) >= 11 is 0. The third-order valence-electron chi connectivity index (χ3n) is 16.9. The van der Waals surface area contributed by atoms with Crippen molar-refractivity contribution in [2.75, 3.05) is 6.61 Å². The van der Waals surface area contributed by atoms with Crippen molar-refractivity contribution in [1.82, 2.24) is 5.32 Å². The van der Waals surface area contributed by atoms with Crippen LogP contribution in [0.1, 0.15) is 412 Å². The Morgan fingerprint density at radius 1 is 0.303 bits per heavy atom. The van der Waals surface area contributed by atoms with E-state index < -0.39 is 12.1 Å². The van der Waals surface area contributed by atoms with E-state index in [9.17, 15) is 15.0 Å². The second-order valence-electron chi connectivity index (χ2n) is 24.7. The van der Waals surface area contributed by atoms with Gasteiger partial charge in [0.1, 0.15) is 0 Å². The van der Waals surface area contributed by atoms with Crippen LogP contribution < -0.4 is 5.32 Å². The van der Waals surface area contributed by atoms with Crippen molar-refractivity contribution in [2.24, 2.45) is 0 Å². The van der Waals surface area contributed by atoms with Gasteiger partial charge in [0, 0.05) is 6.42 Å². The summed E-state index contributed by atoms with van der Waals surface area (Å²) < 4.78 is 0. The minimum absolute atomic E-state index is 0.0638. The molecule has 2 atom stereocenters. The van der Waals surface area contributed by atoms with Gasteiger partial charge in [-0.2, -0.15) is 0 Å². The smallest absolute Gasteiger partial charge is 0.220 e. The second kappa shape index (κ2) is 68.1. The zero-order valence-electron chi connectivity index (χ0n) is 52.3. The van der Waals surface area contributed by atoms with Crippen LogP contribution in [0, 0.1) is 0 Å². The maximum Gasteiger partial charge on any atom is 0.220 e. The Bertz CT molecular complexity index is 1120. The van der Waals surface area contributed by atoms with E-state index in [1.165, 1.54) is 360 Å². The summed E-state index contributed by atoms with van der Waals surface area (Å²) in [5.74, 6) is -0.0638. The molecule has 0 aromatic heterocycles. The molecule has 4 nitrogen and oxygen atoms in total. The fraction of sp³-hybridized carbons (Fsp3) is 0.931. The van der Waals surface area contributed by atoms with Gasteiger partial charge in [0.05, 0.1) is 18.8 Å². The lowest BCUT2D eigenvalue weighted by atomic mass is 10.0. The lowest BCUT2D eigenvalue weighted by Crippen LogP contribution is -2.45. The number of hydrogen-bond acceptors (Lipinski definition) is 3. The van der Waals surface area contributed by atoms with E-state index in [1.54, 1.807) is 6.08 Å². The molecule has 0 spiro atoms. The molecular formula is C72H141NO3. The van der Waals surface area contributed by atoms with E-state index in [0.717, 1.165) is 32.1 Å². The molecule has 0 saturated heterocycles. The molecule has 0 aliphatic carbocycles. The number of aliphatic hydroxyl groups excluding tert-OH is 2. The minimum Gasteiger partial charge on any atom is -0.394 e. The van der Waals surface area contributed by atoms with Gasteiger partial charge in [-0.1, -0.05) is 398 Å². The van der Waals surface area contributed by atoms with Crippen molar-refractivity contribution in [3.8, 4) is 0 Å². The van der Waals surface area contributed by atoms with E-state index >= 15 is 0 Å². The molecule has 0 heterocycles. The lowest BCUT2D eigenvalue weighted by Gasteiger charge is -2.19. The number of hydrogen-bond donors (Lipinski definition) is 3.